The first-order chi connectivity index (χ1) is 7.63. The van der Waals surface area contributed by atoms with Gasteiger partial charge in [0.25, 0.3) is 0 Å². The molecule has 16 heavy (non-hydrogen) atoms. The molecular weight excluding hydrogens is 236 g/mol. The van der Waals surface area contributed by atoms with Crippen LogP contribution >= 0.6 is 11.6 Å². The number of hydrogen-bond donors (Lipinski definition) is 0. The number of halogens is 1. The zero-order valence-corrected chi connectivity index (χ0v) is 10.0. The third kappa shape index (κ3) is 2.86. The molecule has 1 rings (SSSR count). The van der Waals surface area contributed by atoms with Crippen molar-refractivity contribution < 1.29 is 23.8 Å². The summed E-state index contributed by atoms with van der Waals surface area (Å²) >= 11 is 5.71. The predicted octanol–water partition coefficient (Wildman–Crippen LogP) is 0.735. The number of carbonyl (C=O) groups is 2. The van der Waals surface area contributed by atoms with Crippen molar-refractivity contribution in [3.05, 3.63) is 0 Å². The molecule has 3 atom stereocenters. The molecule has 0 aromatic carbocycles. The van der Waals surface area contributed by atoms with Crippen LogP contribution in [0.15, 0.2) is 0 Å². The Morgan fingerprint density at radius 1 is 1.44 bits per heavy atom. The Morgan fingerprint density at radius 3 is 2.62 bits per heavy atom. The van der Waals surface area contributed by atoms with Crippen molar-refractivity contribution >= 4 is 23.5 Å². The zero-order chi connectivity index (χ0) is 12.1. The van der Waals surface area contributed by atoms with Gasteiger partial charge in [0.15, 0.2) is 12.2 Å². The van der Waals surface area contributed by atoms with Crippen LogP contribution in [0, 0.1) is 5.92 Å². The summed E-state index contributed by atoms with van der Waals surface area (Å²) in [5.41, 5.74) is 0. The van der Waals surface area contributed by atoms with Gasteiger partial charge in [-0.2, -0.15) is 0 Å². The number of esters is 2. The van der Waals surface area contributed by atoms with E-state index in [-0.39, 0.29) is 18.4 Å². The quantitative estimate of drug-likeness (QED) is 0.544. The molecule has 92 valence electrons. The molecule has 0 amide bonds. The number of carbonyl (C=O) groups excluding carboxylic acids is 2. The lowest BCUT2D eigenvalue weighted by Gasteiger charge is -2.13. The van der Waals surface area contributed by atoms with Gasteiger partial charge in [0, 0.05) is 11.8 Å². The van der Waals surface area contributed by atoms with Crippen LogP contribution in [-0.4, -0.2) is 43.7 Å². The zero-order valence-electron chi connectivity index (χ0n) is 9.27. The van der Waals surface area contributed by atoms with Gasteiger partial charge in [0.1, 0.15) is 0 Å². The summed E-state index contributed by atoms with van der Waals surface area (Å²) < 4.78 is 14.7. The van der Waals surface area contributed by atoms with E-state index in [0.29, 0.717) is 6.42 Å². The Morgan fingerprint density at radius 2 is 2.12 bits per heavy atom. The third-order valence-corrected chi connectivity index (χ3v) is 2.83. The lowest BCUT2D eigenvalue weighted by Crippen LogP contribution is -2.30. The minimum absolute atomic E-state index is 0.205. The van der Waals surface area contributed by atoms with Crippen molar-refractivity contribution in [3.63, 3.8) is 0 Å². The molecule has 1 fully saturated rings. The summed E-state index contributed by atoms with van der Waals surface area (Å²) in [5, 5.41) is 0. The number of methoxy groups -OCH3 is 1. The van der Waals surface area contributed by atoms with Gasteiger partial charge in [0.2, 0.25) is 0 Å². The molecule has 6 heteroatoms. The van der Waals surface area contributed by atoms with Gasteiger partial charge in [0.05, 0.1) is 13.7 Å². The van der Waals surface area contributed by atoms with Crippen molar-refractivity contribution in [1.82, 2.24) is 0 Å². The Hall–Kier alpha value is -0.810. The van der Waals surface area contributed by atoms with Gasteiger partial charge in [-0.15, -0.1) is 11.6 Å². The van der Waals surface area contributed by atoms with E-state index in [9.17, 15) is 9.59 Å². The maximum Gasteiger partial charge on any atom is 0.335 e. The average molecular weight is 251 g/mol. The van der Waals surface area contributed by atoms with Crippen molar-refractivity contribution in [2.24, 2.45) is 5.92 Å². The van der Waals surface area contributed by atoms with Crippen molar-refractivity contribution in [3.8, 4) is 0 Å². The molecule has 1 aliphatic rings. The fourth-order valence-electron chi connectivity index (χ4n) is 1.64. The minimum atomic E-state index is -0.767. The highest BCUT2D eigenvalue weighted by Crippen LogP contribution is 2.29. The SMILES string of the molecule is CCOC(=O)[C@H]1C[C@@H](CCl)[C@@H](C(=O)OC)O1. The van der Waals surface area contributed by atoms with Gasteiger partial charge in [-0.3, -0.25) is 0 Å². The van der Waals surface area contributed by atoms with E-state index in [1.54, 1.807) is 6.92 Å². The number of rotatable bonds is 4. The first-order valence-electron chi connectivity index (χ1n) is 5.09. The van der Waals surface area contributed by atoms with Crippen LogP contribution in [0.2, 0.25) is 0 Å². The van der Waals surface area contributed by atoms with Gasteiger partial charge < -0.3 is 14.2 Å². The van der Waals surface area contributed by atoms with E-state index in [1.165, 1.54) is 7.11 Å². The maximum atomic E-state index is 11.4. The normalized spacial score (nSPS) is 28.8. The van der Waals surface area contributed by atoms with Crippen LogP contribution < -0.4 is 0 Å². The van der Waals surface area contributed by atoms with Crippen LogP contribution in [0.5, 0.6) is 0 Å². The van der Waals surface area contributed by atoms with Gasteiger partial charge in [-0.25, -0.2) is 9.59 Å². The first kappa shape index (κ1) is 13.3. The summed E-state index contributed by atoms with van der Waals surface area (Å²) in [5.74, 6) is -0.916. The molecule has 0 saturated carbocycles. The van der Waals surface area contributed by atoms with Crippen LogP contribution in [-0.2, 0) is 23.8 Å². The number of hydrogen-bond acceptors (Lipinski definition) is 5. The highest BCUT2D eigenvalue weighted by Gasteiger charge is 2.43. The second kappa shape index (κ2) is 6.06. The lowest BCUT2D eigenvalue weighted by atomic mass is 10.0. The van der Waals surface area contributed by atoms with E-state index >= 15 is 0 Å². The fourth-order valence-corrected chi connectivity index (χ4v) is 1.93. The van der Waals surface area contributed by atoms with Gasteiger partial charge >= 0.3 is 11.9 Å². The Labute approximate surface area is 99.0 Å². The molecule has 0 aliphatic carbocycles. The molecule has 0 aromatic heterocycles. The molecule has 0 aromatic rings. The van der Waals surface area contributed by atoms with Crippen molar-refractivity contribution in [1.29, 1.82) is 0 Å². The number of ether oxygens (including phenoxy) is 3. The summed E-state index contributed by atoms with van der Waals surface area (Å²) in [4.78, 5) is 22.8. The highest BCUT2D eigenvalue weighted by atomic mass is 35.5. The van der Waals surface area contributed by atoms with E-state index in [1.807, 2.05) is 0 Å². The lowest BCUT2D eigenvalue weighted by molar-refractivity contribution is -0.163. The molecule has 1 heterocycles. The summed E-state index contributed by atoms with van der Waals surface area (Å²) in [6.45, 7) is 2.00. The van der Waals surface area contributed by atoms with Crippen molar-refractivity contribution in [2.75, 3.05) is 19.6 Å². The van der Waals surface area contributed by atoms with Crippen LogP contribution in [0.1, 0.15) is 13.3 Å². The highest BCUT2D eigenvalue weighted by molar-refractivity contribution is 6.18. The van der Waals surface area contributed by atoms with Crippen LogP contribution in [0.3, 0.4) is 0 Å². The van der Waals surface area contributed by atoms with Crippen molar-refractivity contribution in [2.45, 2.75) is 25.6 Å². The average Bonchev–Trinajstić information content (AvgIpc) is 2.72. The minimum Gasteiger partial charge on any atom is -0.467 e. The standard InChI is InChI=1S/C10H15ClO5/c1-3-15-9(12)7-4-6(5-11)8(16-7)10(13)14-2/h6-8H,3-5H2,1-2H3/t6-,7+,8-/m0/s1. The van der Waals surface area contributed by atoms with E-state index in [2.05, 4.69) is 4.74 Å². The molecule has 0 N–H and O–H groups in total. The van der Waals surface area contributed by atoms with Crippen LogP contribution in [0.4, 0.5) is 0 Å². The van der Waals surface area contributed by atoms with E-state index in [4.69, 9.17) is 21.1 Å². The molecule has 1 aliphatic heterocycles. The Bertz CT molecular complexity index is 268. The second-order valence-electron chi connectivity index (χ2n) is 3.47. The summed E-state index contributed by atoms with van der Waals surface area (Å²) in [6.07, 6.45) is -1.09. The molecule has 0 radical (unpaired) electrons. The molecule has 5 nitrogen and oxygen atoms in total. The second-order valence-corrected chi connectivity index (χ2v) is 3.78. The predicted molar refractivity (Wildman–Crippen MR) is 56.1 cm³/mol. The Balaban J connectivity index is 2.62. The first-order valence-corrected chi connectivity index (χ1v) is 5.63. The van der Waals surface area contributed by atoms with E-state index in [0.717, 1.165) is 0 Å². The molecular formula is C10H15ClO5. The Kier molecular flexibility index (Phi) is 5.02. The molecule has 0 unspecified atom stereocenters. The monoisotopic (exact) mass is 250 g/mol. The van der Waals surface area contributed by atoms with Crippen LogP contribution in [0.25, 0.3) is 0 Å². The smallest absolute Gasteiger partial charge is 0.335 e. The number of alkyl halides is 1. The van der Waals surface area contributed by atoms with Gasteiger partial charge in [-0.05, 0) is 13.3 Å². The largest absolute Gasteiger partial charge is 0.467 e. The van der Waals surface area contributed by atoms with Gasteiger partial charge in [-0.1, -0.05) is 0 Å². The maximum absolute atomic E-state index is 11.4. The molecule has 0 spiro atoms. The summed E-state index contributed by atoms with van der Waals surface area (Å²) in [6, 6.07) is 0. The summed E-state index contributed by atoms with van der Waals surface area (Å²) in [7, 11) is 1.27. The fraction of sp³-hybridized carbons (Fsp3) is 0.800. The third-order valence-electron chi connectivity index (χ3n) is 2.44. The topological polar surface area (TPSA) is 61.8 Å². The van der Waals surface area contributed by atoms with E-state index < -0.39 is 24.1 Å². The molecule has 0 bridgehead atoms. The molecule has 1 saturated heterocycles.